The van der Waals surface area contributed by atoms with Crippen molar-refractivity contribution in [2.24, 2.45) is 0 Å². The van der Waals surface area contributed by atoms with Crippen LogP contribution in [-0.4, -0.2) is 19.3 Å². The molecule has 0 saturated heterocycles. The summed E-state index contributed by atoms with van der Waals surface area (Å²) in [7, 11) is 0. The first-order valence-corrected chi connectivity index (χ1v) is 7.11. The highest BCUT2D eigenvalue weighted by Gasteiger charge is 2.10. The van der Waals surface area contributed by atoms with Crippen LogP contribution < -0.4 is 5.56 Å². The maximum atomic E-state index is 11.3. The molecule has 2 aromatic rings. The normalized spacial score (nSPS) is 10.6. The molecule has 0 fully saturated rings. The maximum Gasteiger partial charge on any atom is 0.265 e. The summed E-state index contributed by atoms with van der Waals surface area (Å²) in [5.41, 5.74) is -0.127. The van der Waals surface area contributed by atoms with Gasteiger partial charge in [-0.15, -0.1) is 0 Å². The first-order chi connectivity index (χ1) is 7.70. The van der Waals surface area contributed by atoms with E-state index in [4.69, 9.17) is 0 Å². The van der Waals surface area contributed by atoms with Gasteiger partial charge in [0.1, 0.15) is 14.4 Å². The van der Waals surface area contributed by atoms with Crippen molar-refractivity contribution in [1.29, 1.82) is 0 Å². The molecule has 84 valence electrons. The second kappa shape index (κ2) is 5.23. The average Bonchev–Trinajstić information content (AvgIpc) is 2.73. The summed E-state index contributed by atoms with van der Waals surface area (Å²) in [6.45, 7) is 2.01. The molecule has 0 saturated carbocycles. The van der Waals surface area contributed by atoms with Gasteiger partial charge in [-0.1, -0.05) is 6.92 Å². The Morgan fingerprint density at radius 1 is 1.62 bits per heavy atom. The van der Waals surface area contributed by atoms with Crippen molar-refractivity contribution in [3.63, 3.8) is 0 Å². The number of halogens is 1. The number of aryl methyl sites for hydroxylation is 1. The third-order valence-electron chi connectivity index (χ3n) is 1.71. The van der Waals surface area contributed by atoms with Crippen molar-refractivity contribution < 1.29 is 0 Å². The zero-order valence-electron chi connectivity index (χ0n) is 8.23. The van der Waals surface area contributed by atoms with Gasteiger partial charge in [-0.3, -0.25) is 4.79 Å². The minimum atomic E-state index is -0.127. The molecule has 0 atom stereocenters. The lowest BCUT2D eigenvalue weighted by Gasteiger charge is -1.97. The molecule has 2 heterocycles. The van der Waals surface area contributed by atoms with Gasteiger partial charge in [0.25, 0.3) is 5.56 Å². The molecule has 0 amide bonds. The Kier molecular flexibility index (Phi) is 3.92. The Bertz CT molecular complexity index is 553. The summed E-state index contributed by atoms with van der Waals surface area (Å²) in [6.07, 6.45) is 2.21. The van der Waals surface area contributed by atoms with E-state index >= 15 is 0 Å². The molecule has 2 rings (SSSR count). The van der Waals surface area contributed by atoms with E-state index in [0.717, 1.165) is 16.6 Å². The molecular weight excluding hydrogens is 359 g/mol. The highest BCUT2D eigenvalue weighted by molar-refractivity contribution is 14.1. The van der Waals surface area contributed by atoms with Crippen LogP contribution in [0.3, 0.4) is 0 Å². The number of H-pyrrole nitrogens is 1. The minimum Gasteiger partial charge on any atom is -0.312 e. The van der Waals surface area contributed by atoms with Gasteiger partial charge in [-0.25, -0.2) is 9.97 Å². The monoisotopic (exact) mass is 366 g/mol. The maximum absolute atomic E-state index is 11.3. The van der Waals surface area contributed by atoms with Crippen LogP contribution in [0.1, 0.15) is 12.7 Å². The summed E-state index contributed by atoms with van der Waals surface area (Å²) in [6, 6.07) is 0. The van der Waals surface area contributed by atoms with E-state index in [9.17, 15) is 4.79 Å². The first-order valence-electron chi connectivity index (χ1n) is 4.44. The van der Waals surface area contributed by atoms with Crippen LogP contribution in [0.5, 0.6) is 0 Å². The minimum absolute atomic E-state index is 0.127. The molecule has 2 aromatic heterocycles. The highest BCUT2D eigenvalue weighted by atomic mass is 127. The summed E-state index contributed by atoms with van der Waals surface area (Å²) in [5.74, 6) is 0.826. The molecule has 0 aliphatic heterocycles. The average molecular weight is 366 g/mol. The van der Waals surface area contributed by atoms with Gasteiger partial charge in [0.15, 0.2) is 4.34 Å². The third kappa shape index (κ3) is 2.61. The van der Waals surface area contributed by atoms with Crippen LogP contribution >= 0.6 is 45.9 Å². The van der Waals surface area contributed by atoms with E-state index in [1.54, 1.807) is 0 Å². The lowest BCUT2D eigenvalue weighted by molar-refractivity contribution is 0.962. The zero-order chi connectivity index (χ0) is 11.5. The Morgan fingerprint density at radius 2 is 2.44 bits per heavy atom. The molecule has 5 nitrogen and oxygen atoms in total. The molecule has 0 aromatic carbocycles. The fraction of sp³-hybridized carbons (Fsp3) is 0.250. The molecule has 16 heavy (non-hydrogen) atoms. The van der Waals surface area contributed by atoms with Crippen molar-refractivity contribution >= 4 is 45.9 Å². The molecule has 0 aliphatic rings. The fourth-order valence-electron chi connectivity index (χ4n) is 0.944. The van der Waals surface area contributed by atoms with Crippen LogP contribution in [0.4, 0.5) is 0 Å². The molecule has 0 unspecified atom stereocenters. The summed E-state index contributed by atoms with van der Waals surface area (Å²) in [5, 5.41) is 0.670. The van der Waals surface area contributed by atoms with Gasteiger partial charge < -0.3 is 4.98 Å². The smallest absolute Gasteiger partial charge is 0.265 e. The van der Waals surface area contributed by atoms with E-state index in [2.05, 4.69) is 19.3 Å². The second-order valence-corrected chi connectivity index (χ2v) is 5.85. The zero-order valence-corrected chi connectivity index (χ0v) is 12.0. The quantitative estimate of drug-likeness (QED) is 0.664. The number of hydrogen-bond acceptors (Lipinski definition) is 6. The molecule has 0 spiro atoms. The topological polar surface area (TPSA) is 71.5 Å². The third-order valence-corrected chi connectivity index (χ3v) is 4.87. The Labute approximate surface area is 113 Å². The van der Waals surface area contributed by atoms with Crippen molar-refractivity contribution in [3.05, 3.63) is 26.1 Å². The Hall–Kier alpha value is -0.480. The van der Waals surface area contributed by atoms with E-state index in [-0.39, 0.29) is 5.56 Å². The standard InChI is InChI=1S/C8H7IN4OS2/c1-2-4-12-8(16-13-4)15-7-5(9)6(14)10-3-11-7/h3H,2H2,1H3,(H,10,11,14). The number of rotatable bonds is 3. The lowest BCUT2D eigenvalue weighted by Crippen LogP contribution is -2.10. The van der Waals surface area contributed by atoms with E-state index in [1.165, 1.54) is 29.6 Å². The Balaban J connectivity index is 2.27. The summed E-state index contributed by atoms with van der Waals surface area (Å²) >= 11 is 4.68. The lowest BCUT2D eigenvalue weighted by atomic mass is 10.5. The molecule has 0 bridgehead atoms. The largest absolute Gasteiger partial charge is 0.312 e. The van der Waals surface area contributed by atoms with Crippen molar-refractivity contribution in [2.45, 2.75) is 22.7 Å². The van der Waals surface area contributed by atoms with Gasteiger partial charge in [-0.05, 0) is 45.9 Å². The van der Waals surface area contributed by atoms with Crippen molar-refractivity contribution in [1.82, 2.24) is 19.3 Å². The molecule has 8 heteroatoms. The SMILES string of the molecule is CCc1nsc(Sc2nc[nH]c(=O)c2I)n1. The van der Waals surface area contributed by atoms with Gasteiger partial charge in [0.2, 0.25) is 0 Å². The number of aromatic nitrogens is 4. The van der Waals surface area contributed by atoms with Crippen LogP contribution in [-0.2, 0) is 6.42 Å². The predicted molar refractivity (Wildman–Crippen MR) is 71.0 cm³/mol. The van der Waals surface area contributed by atoms with Crippen LogP contribution in [0.15, 0.2) is 20.5 Å². The van der Waals surface area contributed by atoms with Gasteiger partial charge >= 0.3 is 0 Å². The molecular formula is C8H7IN4OS2. The number of hydrogen-bond donors (Lipinski definition) is 1. The molecule has 0 aliphatic carbocycles. The summed E-state index contributed by atoms with van der Waals surface area (Å²) in [4.78, 5) is 22.3. The Morgan fingerprint density at radius 3 is 3.12 bits per heavy atom. The van der Waals surface area contributed by atoms with E-state index in [0.29, 0.717) is 8.60 Å². The fourth-order valence-corrected chi connectivity index (χ4v) is 3.17. The number of aromatic amines is 1. The molecule has 0 radical (unpaired) electrons. The van der Waals surface area contributed by atoms with Crippen LogP contribution in [0.25, 0.3) is 0 Å². The van der Waals surface area contributed by atoms with Crippen LogP contribution in [0.2, 0.25) is 0 Å². The first kappa shape index (κ1) is 12.0. The predicted octanol–water partition coefficient (Wildman–Crippen LogP) is 1.94. The summed E-state index contributed by atoms with van der Waals surface area (Å²) < 4.78 is 5.57. The second-order valence-electron chi connectivity index (χ2n) is 2.78. The molecule has 1 N–H and O–H groups in total. The van der Waals surface area contributed by atoms with Crippen LogP contribution in [0, 0.1) is 3.57 Å². The highest BCUT2D eigenvalue weighted by Crippen LogP contribution is 2.28. The van der Waals surface area contributed by atoms with Gasteiger partial charge in [-0.2, -0.15) is 4.37 Å². The number of nitrogens with zero attached hydrogens (tertiary/aromatic N) is 3. The van der Waals surface area contributed by atoms with Gasteiger partial charge in [0, 0.05) is 6.42 Å². The number of nitrogens with one attached hydrogen (secondary N) is 1. The van der Waals surface area contributed by atoms with E-state index in [1.807, 2.05) is 29.5 Å². The van der Waals surface area contributed by atoms with E-state index < -0.39 is 0 Å². The van der Waals surface area contributed by atoms with Crippen molar-refractivity contribution in [2.75, 3.05) is 0 Å². The van der Waals surface area contributed by atoms with Crippen molar-refractivity contribution in [3.8, 4) is 0 Å². The van der Waals surface area contributed by atoms with Gasteiger partial charge in [0.05, 0.1) is 6.33 Å².